The molecule has 2 aliphatic carbocycles. The summed E-state index contributed by atoms with van der Waals surface area (Å²) in [7, 11) is -2.93. The molecule has 2 atom stereocenters. The minimum atomic E-state index is -2.93. The van der Waals surface area contributed by atoms with Gasteiger partial charge in [0.25, 0.3) is 0 Å². The van der Waals surface area contributed by atoms with Gasteiger partial charge in [-0.1, -0.05) is 13.3 Å². The first kappa shape index (κ1) is 16.2. The van der Waals surface area contributed by atoms with E-state index in [-0.39, 0.29) is 11.3 Å². The van der Waals surface area contributed by atoms with Gasteiger partial charge < -0.3 is 5.73 Å². The highest BCUT2D eigenvalue weighted by Crippen LogP contribution is 2.34. The van der Waals surface area contributed by atoms with Crippen LogP contribution in [0.5, 0.6) is 0 Å². The molecule has 0 aromatic carbocycles. The van der Waals surface area contributed by atoms with E-state index in [1.54, 1.807) is 0 Å². The molecule has 0 heterocycles. The Kier molecular flexibility index (Phi) is 5.49. The average Bonchev–Trinajstić information content (AvgIpc) is 2.86. The first-order valence-electron chi connectivity index (χ1n) is 8.13. The topological polar surface area (TPSA) is 63.4 Å². The van der Waals surface area contributed by atoms with Gasteiger partial charge in [-0.25, -0.2) is 8.42 Å². The molecule has 2 N–H and O–H groups in total. The molecular formula is C15H30N2O2S. The Bertz CT molecular complexity index is 402. The summed E-state index contributed by atoms with van der Waals surface area (Å²) >= 11 is 0. The maximum Gasteiger partial charge on any atom is 0.151 e. The molecule has 0 bridgehead atoms. The molecular weight excluding hydrogens is 272 g/mol. The summed E-state index contributed by atoms with van der Waals surface area (Å²) in [6.07, 6.45) is 9.88. The summed E-state index contributed by atoms with van der Waals surface area (Å²) in [5.74, 6) is 0. The normalized spacial score (nSPS) is 35.6. The van der Waals surface area contributed by atoms with Gasteiger partial charge in [0.2, 0.25) is 0 Å². The minimum Gasteiger partial charge on any atom is -0.328 e. The van der Waals surface area contributed by atoms with Crippen LogP contribution in [0.3, 0.4) is 0 Å². The van der Waals surface area contributed by atoms with E-state index in [1.807, 2.05) is 0 Å². The standard InChI is InChI=1S/C15H30N2O2S/c1-3-11-17(13-9-7-12(16)8-10-13)14-5-4-6-15(14)20(2,18)19/h12-15H,3-11,16H2,1-2H3. The highest BCUT2D eigenvalue weighted by molar-refractivity contribution is 7.91. The molecule has 0 amide bonds. The molecule has 2 aliphatic rings. The fraction of sp³-hybridized carbons (Fsp3) is 1.00. The van der Waals surface area contributed by atoms with E-state index in [1.165, 1.54) is 6.26 Å². The number of nitrogens with two attached hydrogens (primary N) is 1. The van der Waals surface area contributed by atoms with Crippen LogP contribution in [0.25, 0.3) is 0 Å². The Hall–Kier alpha value is -0.130. The zero-order valence-electron chi connectivity index (χ0n) is 12.9. The lowest BCUT2D eigenvalue weighted by Crippen LogP contribution is -2.51. The van der Waals surface area contributed by atoms with Crippen LogP contribution in [-0.4, -0.2) is 49.5 Å². The van der Waals surface area contributed by atoms with E-state index in [4.69, 9.17) is 5.73 Å². The summed E-state index contributed by atoms with van der Waals surface area (Å²) in [6, 6.07) is 1.13. The van der Waals surface area contributed by atoms with Gasteiger partial charge in [-0.15, -0.1) is 0 Å². The monoisotopic (exact) mass is 302 g/mol. The van der Waals surface area contributed by atoms with Crippen molar-refractivity contribution in [3.8, 4) is 0 Å². The van der Waals surface area contributed by atoms with E-state index in [0.717, 1.165) is 57.9 Å². The maximum absolute atomic E-state index is 12.0. The molecule has 2 rings (SSSR count). The molecule has 2 saturated carbocycles. The van der Waals surface area contributed by atoms with Gasteiger partial charge >= 0.3 is 0 Å². The molecule has 2 fully saturated rings. The molecule has 0 spiro atoms. The van der Waals surface area contributed by atoms with Crippen LogP contribution in [0.4, 0.5) is 0 Å². The Balaban J connectivity index is 2.11. The van der Waals surface area contributed by atoms with Crippen LogP contribution in [0.15, 0.2) is 0 Å². The molecule has 0 aromatic heterocycles. The highest BCUT2D eigenvalue weighted by atomic mass is 32.2. The van der Waals surface area contributed by atoms with Crippen LogP contribution in [0.1, 0.15) is 58.3 Å². The molecule has 5 heteroatoms. The summed E-state index contributed by atoms with van der Waals surface area (Å²) in [6.45, 7) is 3.21. The Morgan fingerprint density at radius 3 is 2.30 bits per heavy atom. The van der Waals surface area contributed by atoms with Gasteiger partial charge in [0.1, 0.15) is 0 Å². The molecule has 0 aliphatic heterocycles. The van der Waals surface area contributed by atoms with Gasteiger partial charge in [0.05, 0.1) is 5.25 Å². The molecule has 20 heavy (non-hydrogen) atoms. The van der Waals surface area contributed by atoms with E-state index < -0.39 is 9.84 Å². The van der Waals surface area contributed by atoms with Gasteiger partial charge in [0, 0.05) is 24.4 Å². The largest absolute Gasteiger partial charge is 0.328 e. The van der Waals surface area contributed by atoms with Crippen molar-refractivity contribution in [3.63, 3.8) is 0 Å². The average molecular weight is 302 g/mol. The zero-order valence-corrected chi connectivity index (χ0v) is 13.7. The van der Waals surface area contributed by atoms with Crippen molar-refractivity contribution in [2.75, 3.05) is 12.8 Å². The van der Waals surface area contributed by atoms with E-state index in [0.29, 0.717) is 12.1 Å². The highest BCUT2D eigenvalue weighted by Gasteiger charge is 2.40. The third-order valence-corrected chi connectivity index (χ3v) is 6.74. The molecule has 4 nitrogen and oxygen atoms in total. The smallest absolute Gasteiger partial charge is 0.151 e. The second-order valence-electron chi connectivity index (χ2n) is 6.67. The van der Waals surface area contributed by atoms with Gasteiger partial charge in [0.15, 0.2) is 9.84 Å². The predicted molar refractivity (Wildman–Crippen MR) is 83.5 cm³/mol. The lowest BCUT2D eigenvalue weighted by molar-refractivity contribution is 0.103. The first-order valence-corrected chi connectivity index (χ1v) is 10.1. The second kappa shape index (κ2) is 6.75. The summed E-state index contributed by atoms with van der Waals surface area (Å²) in [5, 5.41) is -0.148. The fourth-order valence-electron chi connectivity index (χ4n) is 4.10. The second-order valence-corrected chi connectivity index (χ2v) is 8.94. The molecule has 0 aromatic rings. The van der Waals surface area contributed by atoms with Crippen LogP contribution >= 0.6 is 0 Å². The summed E-state index contributed by atoms with van der Waals surface area (Å²) < 4.78 is 24.1. The van der Waals surface area contributed by atoms with Crippen LogP contribution in [-0.2, 0) is 9.84 Å². The SMILES string of the molecule is CCCN(C1CCC(N)CC1)C1CCCC1S(C)(=O)=O. The molecule has 2 unspecified atom stereocenters. The number of sulfone groups is 1. The summed E-state index contributed by atoms with van der Waals surface area (Å²) in [4.78, 5) is 2.52. The third kappa shape index (κ3) is 3.74. The van der Waals surface area contributed by atoms with Crippen molar-refractivity contribution in [3.05, 3.63) is 0 Å². The molecule has 118 valence electrons. The van der Waals surface area contributed by atoms with E-state index in [9.17, 15) is 8.42 Å². The van der Waals surface area contributed by atoms with Crippen LogP contribution in [0.2, 0.25) is 0 Å². The first-order chi connectivity index (χ1) is 9.43. The van der Waals surface area contributed by atoms with E-state index >= 15 is 0 Å². The van der Waals surface area contributed by atoms with Crippen molar-refractivity contribution >= 4 is 9.84 Å². The third-order valence-electron chi connectivity index (χ3n) is 5.09. The van der Waals surface area contributed by atoms with Crippen LogP contribution in [0, 0.1) is 0 Å². The lowest BCUT2D eigenvalue weighted by Gasteiger charge is -2.41. The fourth-order valence-corrected chi connectivity index (χ4v) is 5.55. The number of rotatable bonds is 5. The molecule has 0 radical (unpaired) electrons. The van der Waals surface area contributed by atoms with E-state index in [2.05, 4.69) is 11.8 Å². The van der Waals surface area contributed by atoms with Crippen molar-refractivity contribution in [2.45, 2.75) is 81.7 Å². The number of hydrogen-bond donors (Lipinski definition) is 1. The van der Waals surface area contributed by atoms with Crippen molar-refractivity contribution in [1.29, 1.82) is 0 Å². The number of hydrogen-bond acceptors (Lipinski definition) is 4. The van der Waals surface area contributed by atoms with Gasteiger partial charge in [-0.2, -0.15) is 0 Å². The van der Waals surface area contributed by atoms with Crippen LogP contribution < -0.4 is 5.73 Å². The Morgan fingerprint density at radius 2 is 1.75 bits per heavy atom. The van der Waals surface area contributed by atoms with Crippen molar-refractivity contribution in [2.24, 2.45) is 5.73 Å². The Morgan fingerprint density at radius 1 is 1.10 bits per heavy atom. The lowest BCUT2D eigenvalue weighted by atomic mass is 9.89. The Labute approximate surface area is 124 Å². The summed E-state index contributed by atoms with van der Waals surface area (Å²) in [5.41, 5.74) is 6.01. The predicted octanol–water partition coefficient (Wildman–Crippen LogP) is 1.93. The molecule has 0 saturated heterocycles. The zero-order chi connectivity index (χ0) is 14.8. The quantitative estimate of drug-likeness (QED) is 0.843. The number of nitrogens with zero attached hydrogens (tertiary/aromatic N) is 1. The van der Waals surface area contributed by atoms with Crippen molar-refractivity contribution in [1.82, 2.24) is 4.90 Å². The van der Waals surface area contributed by atoms with Crippen molar-refractivity contribution < 1.29 is 8.42 Å². The van der Waals surface area contributed by atoms with Gasteiger partial charge in [-0.05, 0) is 51.5 Å². The van der Waals surface area contributed by atoms with Gasteiger partial charge in [-0.3, -0.25) is 4.90 Å². The minimum absolute atomic E-state index is 0.148. The maximum atomic E-state index is 12.0.